The first-order valence-electron chi connectivity index (χ1n) is 6.50. The first kappa shape index (κ1) is 15.0. The molecular formula is C14H19BrN4O. The highest BCUT2D eigenvalue weighted by atomic mass is 79.9. The van der Waals surface area contributed by atoms with Crippen LogP contribution in [0.3, 0.4) is 0 Å². The fourth-order valence-corrected chi connectivity index (χ4v) is 2.70. The number of benzene rings is 1. The van der Waals surface area contributed by atoms with Gasteiger partial charge >= 0.3 is 0 Å². The quantitative estimate of drug-likeness (QED) is 0.627. The molecule has 1 atom stereocenters. The second-order valence-corrected chi connectivity index (χ2v) is 5.28. The van der Waals surface area contributed by atoms with E-state index in [9.17, 15) is 0 Å². The van der Waals surface area contributed by atoms with Gasteiger partial charge < -0.3 is 4.74 Å². The van der Waals surface area contributed by atoms with Gasteiger partial charge in [-0.05, 0) is 25.0 Å². The van der Waals surface area contributed by atoms with E-state index in [0.29, 0.717) is 0 Å². The lowest BCUT2D eigenvalue weighted by molar-refractivity contribution is 0.391. The Kier molecular flexibility index (Phi) is 5.17. The molecule has 3 N–H and O–H groups in total. The summed E-state index contributed by atoms with van der Waals surface area (Å²) in [7, 11) is 1.65. The molecule has 1 aromatic carbocycles. The second kappa shape index (κ2) is 6.88. The molecular weight excluding hydrogens is 320 g/mol. The predicted molar refractivity (Wildman–Crippen MR) is 82.4 cm³/mol. The first-order chi connectivity index (χ1) is 9.71. The highest BCUT2D eigenvalue weighted by Crippen LogP contribution is 2.29. The molecule has 6 heteroatoms. The highest BCUT2D eigenvalue weighted by Gasteiger charge is 2.21. The summed E-state index contributed by atoms with van der Waals surface area (Å²) < 4.78 is 8.36. The Morgan fingerprint density at radius 2 is 2.20 bits per heavy atom. The van der Waals surface area contributed by atoms with Crippen molar-refractivity contribution in [3.8, 4) is 5.75 Å². The Bertz CT molecular complexity index is 549. The molecule has 2 rings (SSSR count). The number of aromatic nitrogens is 2. The second-order valence-electron chi connectivity index (χ2n) is 4.43. The summed E-state index contributed by atoms with van der Waals surface area (Å²) in [5.74, 6) is 6.50. The molecule has 0 bridgehead atoms. The zero-order valence-corrected chi connectivity index (χ0v) is 13.2. The number of aryl methyl sites for hydroxylation is 1. The largest absolute Gasteiger partial charge is 0.493 e. The van der Waals surface area contributed by atoms with Crippen molar-refractivity contribution in [3.05, 3.63) is 46.2 Å². The van der Waals surface area contributed by atoms with Crippen LogP contribution >= 0.6 is 15.9 Å². The van der Waals surface area contributed by atoms with Gasteiger partial charge in [-0.15, -0.1) is 0 Å². The van der Waals surface area contributed by atoms with Crippen molar-refractivity contribution in [2.45, 2.75) is 25.9 Å². The van der Waals surface area contributed by atoms with Crippen molar-refractivity contribution in [2.75, 3.05) is 7.11 Å². The molecule has 5 nitrogen and oxygen atoms in total. The Hall–Kier alpha value is -1.37. The van der Waals surface area contributed by atoms with Gasteiger partial charge in [0.05, 0.1) is 25.0 Å². The van der Waals surface area contributed by atoms with Gasteiger partial charge in [0.1, 0.15) is 0 Å². The van der Waals surface area contributed by atoms with Gasteiger partial charge in [-0.2, -0.15) is 5.10 Å². The first-order valence-corrected chi connectivity index (χ1v) is 7.29. The molecule has 108 valence electrons. The molecule has 20 heavy (non-hydrogen) atoms. The van der Waals surface area contributed by atoms with Crippen molar-refractivity contribution >= 4 is 15.9 Å². The molecule has 0 radical (unpaired) electrons. The third-order valence-electron chi connectivity index (χ3n) is 3.28. The van der Waals surface area contributed by atoms with Crippen LogP contribution in [0, 0.1) is 0 Å². The number of rotatable bonds is 6. The van der Waals surface area contributed by atoms with Gasteiger partial charge in [-0.25, -0.2) is 0 Å². The Morgan fingerprint density at radius 1 is 1.45 bits per heavy atom. The summed E-state index contributed by atoms with van der Waals surface area (Å²) in [4.78, 5) is 0. The lowest BCUT2D eigenvalue weighted by Crippen LogP contribution is -2.31. The van der Waals surface area contributed by atoms with Crippen LogP contribution in [0.15, 0.2) is 34.9 Å². The van der Waals surface area contributed by atoms with Gasteiger partial charge in [0.15, 0.2) is 5.75 Å². The average molecular weight is 339 g/mol. The van der Waals surface area contributed by atoms with Crippen molar-refractivity contribution in [2.24, 2.45) is 5.84 Å². The fraction of sp³-hybridized carbons (Fsp3) is 0.357. The highest BCUT2D eigenvalue weighted by molar-refractivity contribution is 9.10. The number of nitrogens with two attached hydrogens (primary N) is 1. The minimum atomic E-state index is -0.0638. The van der Waals surface area contributed by atoms with Gasteiger partial charge in [0.25, 0.3) is 0 Å². The van der Waals surface area contributed by atoms with E-state index in [1.807, 2.05) is 29.8 Å². The van der Waals surface area contributed by atoms with Crippen molar-refractivity contribution in [1.29, 1.82) is 0 Å². The standard InChI is InChI=1S/C14H19BrN4O/c1-3-19-14(13(20-2)9-17-19)12(18-16)8-10-6-4-5-7-11(10)15/h4-7,9,12,18H,3,8,16H2,1-2H3. The molecule has 0 spiro atoms. The summed E-state index contributed by atoms with van der Waals surface area (Å²) >= 11 is 3.57. The van der Waals surface area contributed by atoms with E-state index in [2.05, 4.69) is 32.5 Å². The number of nitrogens with zero attached hydrogens (tertiary/aromatic N) is 2. The number of ether oxygens (including phenoxy) is 1. The van der Waals surface area contributed by atoms with Gasteiger partial charge in [0.2, 0.25) is 0 Å². The zero-order chi connectivity index (χ0) is 14.5. The third kappa shape index (κ3) is 3.03. The summed E-state index contributed by atoms with van der Waals surface area (Å²) in [6.07, 6.45) is 2.48. The number of hydrogen-bond acceptors (Lipinski definition) is 4. The van der Waals surface area contributed by atoms with Crippen molar-refractivity contribution in [3.63, 3.8) is 0 Å². The summed E-state index contributed by atoms with van der Waals surface area (Å²) in [5, 5.41) is 4.32. The summed E-state index contributed by atoms with van der Waals surface area (Å²) in [6.45, 7) is 2.81. The number of hydrogen-bond donors (Lipinski definition) is 2. The van der Waals surface area contributed by atoms with Crippen LogP contribution in [0.1, 0.15) is 24.2 Å². The molecule has 0 aliphatic carbocycles. The van der Waals surface area contributed by atoms with Crippen LogP contribution in [0.4, 0.5) is 0 Å². The number of hydrazine groups is 1. The van der Waals surface area contributed by atoms with E-state index in [4.69, 9.17) is 10.6 Å². The maximum Gasteiger partial charge on any atom is 0.161 e. The van der Waals surface area contributed by atoms with Gasteiger partial charge in [-0.1, -0.05) is 34.1 Å². The van der Waals surface area contributed by atoms with E-state index >= 15 is 0 Å². The van der Waals surface area contributed by atoms with Gasteiger partial charge in [-0.3, -0.25) is 16.0 Å². The predicted octanol–water partition coefficient (Wildman–Crippen LogP) is 2.42. The Labute approximate surface area is 127 Å². The molecule has 0 saturated carbocycles. The minimum absolute atomic E-state index is 0.0638. The van der Waals surface area contributed by atoms with E-state index in [1.165, 1.54) is 5.56 Å². The third-order valence-corrected chi connectivity index (χ3v) is 4.05. The van der Waals surface area contributed by atoms with Crippen LogP contribution in [-0.4, -0.2) is 16.9 Å². The van der Waals surface area contributed by atoms with Crippen LogP contribution in [0.25, 0.3) is 0 Å². The zero-order valence-electron chi connectivity index (χ0n) is 11.6. The Morgan fingerprint density at radius 3 is 2.80 bits per heavy atom. The maximum atomic E-state index is 5.75. The van der Waals surface area contributed by atoms with Crippen LogP contribution in [-0.2, 0) is 13.0 Å². The number of methoxy groups -OCH3 is 1. The molecule has 0 aliphatic rings. The van der Waals surface area contributed by atoms with E-state index in [0.717, 1.165) is 28.9 Å². The van der Waals surface area contributed by atoms with Crippen LogP contribution in [0.5, 0.6) is 5.75 Å². The molecule has 1 unspecified atom stereocenters. The van der Waals surface area contributed by atoms with Crippen LogP contribution < -0.4 is 16.0 Å². The van der Waals surface area contributed by atoms with E-state index in [1.54, 1.807) is 13.3 Å². The molecule has 2 aromatic rings. The lowest BCUT2D eigenvalue weighted by atomic mass is 10.0. The topological polar surface area (TPSA) is 65.1 Å². The summed E-state index contributed by atoms with van der Waals surface area (Å²) in [5.41, 5.74) is 5.02. The SMILES string of the molecule is CCn1ncc(OC)c1C(Cc1ccccc1Br)NN. The van der Waals surface area contributed by atoms with Crippen LogP contribution in [0.2, 0.25) is 0 Å². The maximum absolute atomic E-state index is 5.75. The molecule has 1 heterocycles. The molecule has 0 amide bonds. The van der Waals surface area contributed by atoms with Crippen molar-refractivity contribution < 1.29 is 4.74 Å². The Balaban J connectivity index is 2.33. The smallest absolute Gasteiger partial charge is 0.161 e. The molecule has 1 aromatic heterocycles. The molecule has 0 aliphatic heterocycles. The van der Waals surface area contributed by atoms with Crippen molar-refractivity contribution in [1.82, 2.24) is 15.2 Å². The van der Waals surface area contributed by atoms with Gasteiger partial charge in [0, 0.05) is 11.0 Å². The molecule has 0 fully saturated rings. The minimum Gasteiger partial charge on any atom is -0.493 e. The lowest BCUT2D eigenvalue weighted by Gasteiger charge is -2.19. The fourth-order valence-electron chi connectivity index (χ4n) is 2.26. The number of nitrogens with one attached hydrogen (secondary N) is 1. The summed E-state index contributed by atoms with van der Waals surface area (Å²) in [6, 6.07) is 8.05. The van der Waals surface area contributed by atoms with E-state index in [-0.39, 0.29) is 6.04 Å². The number of halogens is 1. The molecule has 0 saturated heterocycles. The normalized spacial score (nSPS) is 12.4. The van der Waals surface area contributed by atoms with E-state index < -0.39 is 0 Å². The monoisotopic (exact) mass is 338 g/mol. The average Bonchev–Trinajstić information content (AvgIpc) is 2.89.